The Hall–Kier alpha value is -2.37. The summed E-state index contributed by atoms with van der Waals surface area (Å²) in [4.78, 5) is 0. The van der Waals surface area contributed by atoms with Gasteiger partial charge in [-0.25, -0.2) is 0 Å². The molecule has 1 nitrogen and oxygen atoms in total. The first-order valence-electron chi connectivity index (χ1n) is 11.1. The number of allylic oxidation sites excluding steroid dienone is 1. The van der Waals surface area contributed by atoms with Gasteiger partial charge in [0.1, 0.15) is 7.14 Å². The molecule has 0 bridgehead atoms. The van der Waals surface area contributed by atoms with Gasteiger partial charge in [0, 0.05) is 17.6 Å². The summed E-state index contributed by atoms with van der Waals surface area (Å²) in [5.74, 6) is 0. The smallest absolute Gasteiger partial charge is 0.120 e. The molecule has 0 spiro atoms. The van der Waals surface area contributed by atoms with Crippen molar-refractivity contribution in [2.45, 2.75) is 45.4 Å². The highest BCUT2D eigenvalue weighted by molar-refractivity contribution is 7.72. The third-order valence-corrected chi connectivity index (χ3v) is 9.78. The molecular weight excluding hydrogens is 395 g/mol. The first kappa shape index (κ1) is 21.8. The predicted octanol–water partition coefficient (Wildman–Crippen LogP) is 7.40. The Balaban J connectivity index is 1.77. The van der Waals surface area contributed by atoms with Crippen LogP contribution in [-0.4, -0.2) is 12.3 Å². The third-order valence-electron chi connectivity index (χ3n) is 6.44. The maximum Gasteiger partial charge on any atom is 0.120 e. The fourth-order valence-electron chi connectivity index (χ4n) is 4.75. The zero-order valence-electron chi connectivity index (χ0n) is 19.4. The van der Waals surface area contributed by atoms with Crippen LogP contribution in [0.15, 0.2) is 84.9 Å². The fourth-order valence-corrected chi connectivity index (χ4v) is 8.32. The molecule has 3 aromatic carbocycles. The van der Waals surface area contributed by atoms with Gasteiger partial charge >= 0.3 is 0 Å². The first-order chi connectivity index (χ1) is 14.6. The highest BCUT2D eigenvalue weighted by Crippen LogP contribution is 2.57. The van der Waals surface area contributed by atoms with Crippen LogP contribution in [0.2, 0.25) is 0 Å². The van der Waals surface area contributed by atoms with Crippen LogP contribution in [0.1, 0.15) is 56.9 Å². The zero-order chi connectivity index (χ0) is 22.3. The molecule has 0 aliphatic carbocycles. The summed E-state index contributed by atoms with van der Waals surface area (Å²) >= 11 is 0. The molecule has 1 unspecified atom stereocenters. The molecule has 0 N–H and O–H groups in total. The van der Waals surface area contributed by atoms with E-state index in [1.807, 2.05) is 12.1 Å². The molecular formula is C29H33OP. The van der Waals surface area contributed by atoms with Gasteiger partial charge in [-0.1, -0.05) is 120 Å². The van der Waals surface area contributed by atoms with E-state index in [2.05, 4.69) is 107 Å². The van der Waals surface area contributed by atoms with E-state index in [4.69, 9.17) is 0 Å². The SMILES string of the molecule is CC(C)(C)c1ccc2c(c1)C(C)(C)CP2(=O)CC=C(c1ccccc1)c1ccccc1. The quantitative estimate of drug-likeness (QED) is 0.396. The highest BCUT2D eigenvalue weighted by Gasteiger charge is 2.44. The maximum absolute atomic E-state index is 14.3. The lowest BCUT2D eigenvalue weighted by molar-refractivity contribution is 0.560. The van der Waals surface area contributed by atoms with Gasteiger partial charge in [0.05, 0.1) is 0 Å². The van der Waals surface area contributed by atoms with Crippen LogP contribution in [0.5, 0.6) is 0 Å². The molecule has 0 aromatic heterocycles. The standard InChI is InChI=1S/C29H33OP/c1-28(2,3)24-16-17-27-26(20-24)29(4,5)21-31(27,30)19-18-25(22-12-8-6-9-13-22)23-14-10-7-11-15-23/h6-18,20H,19,21H2,1-5H3. The van der Waals surface area contributed by atoms with E-state index in [0.717, 1.165) is 17.0 Å². The van der Waals surface area contributed by atoms with Crippen LogP contribution in [0.25, 0.3) is 5.57 Å². The summed E-state index contributed by atoms with van der Waals surface area (Å²) in [6, 6.07) is 27.5. The van der Waals surface area contributed by atoms with Crippen molar-refractivity contribution in [3.05, 3.63) is 107 Å². The molecule has 0 fully saturated rings. The van der Waals surface area contributed by atoms with E-state index in [1.54, 1.807) is 0 Å². The lowest BCUT2D eigenvalue weighted by atomic mass is 9.81. The predicted molar refractivity (Wildman–Crippen MR) is 135 cm³/mol. The second kappa shape index (κ2) is 7.95. The van der Waals surface area contributed by atoms with Crippen molar-refractivity contribution in [3.63, 3.8) is 0 Å². The van der Waals surface area contributed by atoms with Gasteiger partial charge in [0.25, 0.3) is 0 Å². The molecule has 4 rings (SSSR count). The molecule has 31 heavy (non-hydrogen) atoms. The summed E-state index contributed by atoms with van der Waals surface area (Å²) in [5.41, 5.74) is 6.11. The number of hydrogen-bond acceptors (Lipinski definition) is 1. The average molecular weight is 429 g/mol. The fraction of sp³-hybridized carbons (Fsp3) is 0.310. The van der Waals surface area contributed by atoms with Crippen LogP contribution >= 0.6 is 7.14 Å². The number of fused-ring (bicyclic) bond motifs is 1. The molecule has 0 amide bonds. The van der Waals surface area contributed by atoms with Crippen LogP contribution in [0.4, 0.5) is 0 Å². The molecule has 1 atom stereocenters. The van der Waals surface area contributed by atoms with Crippen LogP contribution in [-0.2, 0) is 15.4 Å². The number of hydrogen-bond donors (Lipinski definition) is 0. The largest absolute Gasteiger partial charge is 0.318 e. The minimum absolute atomic E-state index is 0.0698. The van der Waals surface area contributed by atoms with Gasteiger partial charge < -0.3 is 4.57 Å². The lowest BCUT2D eigenvalue weighted by Crippen LogP contribution is -2.20. The monoisotopic (exact) mass is 428 g/mol. The van der Waals surface area contributed by atoms with Crippen molar-refractivity contribution in [1.82, 2.24) is 0 Å². The van der Waals surface area contributed by atoms with Crippen molar-refractivity contribution in [2.75, 3.05) is 12.3 Å². The highest BCUT2D eigenvalue weighted by atomic mass is 31.2. The van der Waals surface area contributed by atoms with Gasteiger partial charge in [-0.2, -0.15) is 0 Å². The van der Waals surface area contributed by atoms with E-state index in [9.17, 15) is 4.57 Å². The van der Waals surface area contributed by atoms with Crippen LogP contribution in [0.3, 0.4) is 0 Å². The Morgan fingerprint density at radius 3 is 1.97 bits per heavy atom. The van der Waals surface area contributed by atoms with Gasteiger partial charge in [-0.15, -0.1) is 0 Å². The Bertz CT molecular complexity index is 1110. The van der Waals surface area contributed by atoms with Gasteiger partial charge in [-0.3, -0.25) is 0 Å². The average Bonchev–Trinajstić information content (AvgIpc) is 2.94. The Morgan fingerprint density at radius 1 is 0.903 bits per heavy atom. The van der Waals surface area contributed by atoms with E-state index in [-0.39, 0.29) is 10.8 Å². The molecule has 0 saturated heterocycles. The molecule has 2 heteroatoms. The van der Waals surface area contributed by atoms with Crippen molar-refractivity contribution in [2.24, 2.45) is 0 Å². The van der Waals surface area contributed by atoms with E-state index in [0.29, 0.717) is 6.16 Å². The molecule has 1 aliphatic heterocycles. The summed E-state index contributed by atoms with van der Waals surface area (Å²) in [6.07, 6.45) is 3.54. The van der Waals surface area contributed by atoms with Gasteiger partial charge in [0.2, 0.25) is 0 Å². The zero-order valence-corrected chi connectivity index (χ0v) is 20.2. The summed E-state index contributed by atoms with van der Waals surface area (Å²) in [7, 11) is -2.52. The third kappa shape index (κ3) is 4.35. The molecule has 160 valence electrons. The second-order valence-corrected chi connectivity index (χ2v) is 13.4. The minimum Gasteiger partial charge on any atom is -0.318 e. The number of rotatable bonds is 4. The first-order valence-corrected chi connectivity index (χ1v) is 13.2. The summed E-state index contributed by atoms with van der Waals surface area (Å²) in [6.45, 7) is 11.2. The molecule has 1 aliphatic rings. The van der Waals surface area contributed by atoms with E-state index >= 15 is 0 Å². The van der Waals surface area contributed by atoms with Crippen molar-refractivity contribution >= 4 is 18.0 Å². The van der Waals surface area contributed by atoms with E-state index in [1.165, 1.54) is 22.3 Å². The van der Waals surface area contributed by atoms with Crippen LogP contribution in [0, 0.1) is 0 Å². The molecule has 0 saturated carbocycles. The second-order valence-electron chi connectivity index (χ2n) is 10.4. The minimum atomic E-state index is -2.52. The molecule has 1 heterocycles. The Labute approximate surface area is 187 Å². The normalized spacial score (nSPS) is 19.6. The maximum atomic E-state index is 14.3. The molecule has 3 aromatic rings. The number of benzene rings is 3. The van der Waals surface area contributed by atoms with Crippen molar-refractivity contribution in [1.29, 1.82) is 0 Å². The lowest BCUT2D eigenvalue weighted by Gasteiger charge is -2.23. The van der Waals surface area contributed by atoms with Crippen LogP contribution < -0.4 is 5.30 Å². The summed E-state index contributed by atoms with van der Waals surface area (Å²) < 4.78 is 14.3. The van der Waals surface area contributed by atoms with Gasteiger partial charge in [-0.05, 0) is 38.7 Å². The molecule has 0 radical (unpaired) electrons. The Kier molecular flexibility index (Phi) is 5.61. The topological polar surface area (TPSA) is 17.1 Å². The Morgan fingerprint density at radius 2 is 1.45 bits per heavy atom. The van der Waals surface area contributed by atoms with Crippen molar-refractivity contribution in [3.8, 4) is 0 Å². The van der Waals surface area contributed by atoms with Gasteiger partial charge in [0.15, 0.2) is 0 Å². The van der Waals surface area contributed by atoms with Crippen molar-refractivity contribution < 1.29 is 4.57 Å². The van der Waals surface area contributed by atoms with E-state index < -0.39 is 7.14 Å². The summed E-state index contributed by atoms with van der Waals surface area (Å²) in [5, 5.41) is 1.09.